The number of rotatable bonds is 7. The number of methoxy groups -OCH3 is 1. The number of halogens is 1. The summed E-state index contributed by atoms with van der Waals surface area (Å²) in [6, 6.07) is 3.49. The summed E-state index contributed by atoms with van der Waals surface area (Å²) in [6.45, 7) is 0.928. The van der Waals surface area contributed by atoms with Crippen LogP contribution in [0.4, 0.5) is 0 Å². The van der Waals surface area contributed by atoms with E-state index >= 15 is 0 Å². The molecule has 124 valence electrons. The number of amides is 2. The van der Waals surface area contributed by atoms with Gasteiger partial charge < -0.3 is 19.5 Å². The van der Waals surface area contributed by atoms with Crippen LogP contribution in [0.2, 0.25) is 0 Å². The first kappa shape index (κ1) is 17.2. The summed E-state index contributed by atoms with van der Waals surface area (Å²) in [5.74, 6) is 0.358. The molecule has 0 unspecified atom stereocenters. The van der Waals surface area contributed by atoms with Crippen LogP contribution in [0.3, 0.4) is 0 Å². The van der Waals surface area contributed by atoms with Gasteiger partial charge in [-0.3, -0.25) is 9.59 Å². The second kappa shape index (κ2) is 8.49. The summed E-state index contributed by atoms with van der Waals surface area (Å²) in [6.07, 6.45) is 1.15. The van der Waals surface area contributed by atoms with Gasteiger partial charge in [0.2, 0.25) is 18.6 Å². The van der Waals surface area contributed by atoms with Crippen molar-refractivity contribution in [2.24, 2.45) is 5.10 Å². The van der Waals surface area contributed by atoms with E-state index in [4.69, 9.17) is 14.2 Å². The molecule has 8 nitrogen and oxygen atoms in total. The van der Waals surface area contributed by atoms with Gasteiger partial charge in [-0.05, 0) is 28.1 Å². The molecule has 2 N–H and O–H groups in total. The summed E-state index contributed by atoms with van der Waals surface area (Å²) >= 11 is 3.38. The monoisotopic (exact) mass is 385 g/mol. The van der Waals surface area contributed by atoms with Crippen LogP contribution in [0.15, 0.2) is 21.7 Å². The van der Waals surface area contributed by atoms with E-state index in [2.05, 4.69) is 31.8 Å². The summed E-state index contributed by atoms with van der Waals surface area (Å²) < 4.78 is 16.0. The number of hydrogen-bond donors (Lipinski definition) is 2. The van der Waals surface area contributed by atoms with E-state index in [9.17, 15) is 9.59 Å². The summed E-state index contributed by atoms with van der Waals surface area (Å²) in [7, 11) is 1.53. The van der Waals surface area contributed by atoms with Crippen molar-refractivity contribution in [2.45, 2.75) is 6.42 Å². The number of hydrazone groups is 1. The SMILES string of the molecule is COCCNC(=O)CC(=O)N/N=C/c1cc2c(cc1Br)OCO2. The Hall–Kier alpha value is -2.13. The largest absolute Gasteiger partial charge is 0.454 e. The Morgan fingerprint density at radius 1 is 1.35 bits per heavy atom. The van der Waals surface area contributed by atoms with Crippen LogP contribution in [0.5, 0.6) is 11.5 Å². The third-order valence-electron chi connectivity index (χ3n) is 2.83. The van der Waals surface area contributed by atoms with Crippen LogP contribution in [0, 0.1) is 0 Å². The van der Waals surface area contributed by atoms with Gasteiger partial charge in [0.05, 0.1) is 12.8 Å². The van der Waals surface area contributed by atoms with E-state index in [1.807, 2.05) is 0 Å². The quantitative estimate of drug-likeness (QED) is 0.312. The van der Waals surface area contributed by atoms with Gasteiger partial charge in [-0.1, -0.05) is 0 Å². The van der Waals surface area contributed by atoms with E-state index in [1.54, 1.807) is 12.1 Å². The maximum Gasteiger partial charge on any atom is 0.249 e. The molecule has 1 aliphatic heterocycles. The molecule has 1 heterocycles. The first-order valence-electron chi connectivity index (χ1n) is 6.77. The molecule has 2 rings (SSSR count). The normalized spacial score (nSPS) is 12.4. The fourth-order valence-electron chi connectivity index (χ4n) is 1.75. The highest BCUT2D eigenvalue weighted by Crippen LogP contribution is 2.36. The zero-order chi connectivity index (χ0) is 16.7. The van der Waals surface area contributed by atoms with Crippen LogP contribution < -0.4 is 20.2 Å². The fourth-order valence-corrected chi connectivity index (χ4v) is 2.17. The number of hydrogen-bond acceptors (Lipinski definition) is 6. The Balaban J connectivity index is 1.82. The molecule has 0 saturated heterocycles. The molecule has 0 aromatic heterocycles. The molecule has 9 heteroatoms. The van der Waals surface area contributed by atoms with Crippen molar-refractivity contribution in [1.82, 2.24) is 10.7 Å². The lowest BCUT2D eigenvalue weighted by atomic mass is 10.2. The number of nitrogens with zero attached hydrogens (tertiary/aromatic N) is 1. The van der Waals surface area contributed by atoms with E-state index in [0.717, 1.165) is 4.47 Å². The van der Waals surface area contributed by atoms with Crippen molar-refractivity contribution in [3.8, 4) is 11.5 Å². The molecule has 1 aromatic carbocycles. The highest BCUT2D eigenvalue weighted by Gasteiger charge is 2.15. The van der Waals surface area contributed by atoms with Gasteiger partial charge in [0.25, 0.3) is 0 Å². The predicted octanol–water partition coefficient (Wildman–Crippen LogP) is 0.781. The molecule has 0 radical (unpaired) electrons. The lowest BCUT2D eigenvalue weighted by Crippen LogP contribution is -2.31. The topological polar surface area (TPSA) is 98.2 Å². The average molecular weight is 386 g/mol. The fraction of sp³-hybridized carbons (Fsp3) is 0.357. The Labute approximate surface area is 141 Å². The smallest absolute Gasteiger partial charge is 0.249 e. The highest BCUT2D eigenvalue weighted by atomic mass is 79.9. The molecule has 1 aromatic rings. The Morgan fingerprint density at radius 3 is 2.83 bits per heavy atom. The number of ether oxygens (including phenoxy) is 3. The minimum absolute atomic E-state index is 0.178. The van der Waals surface area contributed by atoms with Crippen LogP contribution >= 0.6 is 15.9 Å². The molecule has 23 heavy (non-hydrogen) atoms. The number of nitrogens with one attached hydrogen (secondary N) is 2. The molecule has 0 spiro atoms. The summed E-state index contributed by atoms with van der Waals surface area (Å²) in [4.78, 5) is 23.0. The second-order valence-electron chi connectivity index (χ2n) is 4.54. The number of carbonyl (C=O) groups excluding carboxylic acids is 2. The third kappa shape index (κ3) is 5.22. The van der Waals surface area contributed by atoms with E-state index in [1.165, 1.54) is 13.3 Å². The van der Waals surface area contributed by atoms with Gasteiger partial charge in [0.1, 0.15) is 6.42 Å². The van der Waals surface area contributed by atoms with Crippen molar-refractivity contribution in [1.29, 1.82) is 0 Å². The molecule has 0 aliphatic carbocycles. The minimum Gasteiger partial charge on any atom is -0.454 e. The van der Waals surface area contributed by atoms with Gasteiger partial charge in [-0.25, -0.2) is 5.43 Å². The van der Waals surface area contributed by atoms with E-state index < -0.39 is 5.91 Å². The molecular weight excluding hydrogens is 370 g/mol. The van der Waals surface area contributed by atoms with Crippen LogP contribution in [0.1, 0.15) is 12.0 Å². The summed E-state index contributed by atoms with van der Waals surface area (Å²) in [5.41, 5.74) is 3.00. The minimum atomic E-state index is -0.506. The van der Waals surface area contributed by atoms with Gasteiger partial charge in [-0.15, -0.1) is 0 Å². The average Bonchev–Trinajstić information content (AvgIpc) is 2.94. The van der Waals surface area contributed by atoms with Crippen molar-refractivity contribution >= 4 is 34.0 Å². The number of carbonyl (C=O) groups is 2. The molecule has 0 bridgehead atoms. The zero-order valence-corrected chi connectivity index (χ0v) is 14.0. The highest BCUT2D eigenvalue weighted by molar-refractivity contribution is 9.10. The van der Waals surface area contributed by atoms with Gasteiger partial charge in [0, 0.05) is 23.7 Å². The standard InChI is InChI=1S/C14H16BrN3O5/c1-21-3-2-16-13(19)6-14(20)18-17-7-9-4-11-12(5-10(9)15)23-8-22-11/h4-5,7H,2-3,6,8H2,1H3,(H,16,19)(H,18,20)/b17-7+. The molecular formula is C14H16BrN3O5. The molecule has 0 fully saturated rings. The van der Waals surface area contributed by atoms with Gasteiger partial charge >= 0.3 is 0 Å². The Kier molecular flexibility index (Phi) is 6.36. The predicted molar refractivity (Wildman–Crippen MR) is 85.5 cm³/mol. The molecule has 1 aliphatic rings. The molecule has 0 saturated carbocycles. The lowest BCUT2D eigenvalue weighted by Gasteiger charge is -2.04. The van der Waals surface area contributed by atoms with E-state index in [0.29, 0.717) is 30.2 Å². The number of benzene rings is 1. The van der Waals surface area contributed by atoms with Crippen LogP contribution in [-0.4, -0.2) is 45.1 Å². The van der Waals surface area contributed by atoms with Crippen LogP contribution in [-0.2, 0) is 14.3 Å². The van der Waals surface area contributed by atoms with Crippen molar-refractivity contribution < 1.29 is 23.8 Å². The first-order chi connectivity index (χ1) is 11.1. The van der Waals surface area contributed by atoms with Gasteiger partial charge in [-0.2, -0.15) is 5.10 Å². The van der Waals surface area contributed by atoms with Crippen molar-refractivity contribution in [3.05, 3.63) is 22.2 Å². The third-order valence-corrected chi connectivity index (χ3v) is 3.52. The zero-order valence-electron chi connectivity index (χ0n) is 12.4. The molecule has 0 atom stereocenters. The Bertz CT molecular complexity index is 621. The number of fused-ring (bicyclic) bond motifs is 1. The van der Waals surface area contributed by atoms with E-state index in [-0.39, 0.29) is 19.1 Å². The molecule has 2 amide bonds. The van der Waals surface area contributed by atoms with Crippen molar-refractivity contribution in [2.75, 3.05) is 27.1 Å². The van der Waals surface area contributed by atoms with Crippen LogP contribution in [0.25, 0.3) is 0 Å². The summed E-state index contributed by atoms with van der Waals surface area (Å²) in [5, 5.41) is 6.37. The maximum atomic E-state index is 11.6. The van der Waals surface area contributed by atoms with Crippen molar-refractivity contribution in [3.63, 3.8) is 0 Å². The lowest BCUT2D eigenvalue weighted by molar-refractivity contribution is -0.129. The Morgan fingerprint density at radius 2 is 2.09 bits per heavy atom. The maximum absolute atomic E-state index is 11.6. The van der Waals surface area contributed by atoms with Gasteiger partial charge in [0.15, 0.2) is 11.5 Å². The first-order valence-corrected chi connectivity index (χ1v) is 7.56. The second-order valence-corrected chi connectivity index (χ2v) is 5.39.